The van der Waals surface area contributed by atoms with E-state index in [1.807, 2.05) is 36.4 Å². The number of rotatable bonds is 6. The Morgan fingerprint density at radius 3 is 1.43 bits per heavy atom. The predicted molar refractivity (Wildman–Crippen MR) is 276 cm³/mol. The first kappa shape index (κ1) is 32.2. The van der Waals surface area contributed by atoms with E-state index in [2.05, 4.69) is 176 Å². The standard InChI is InChI=1S/C64H40O/c1-4-16-41(17-5-1)50-36-37-59-64(63(50)44-20-8-3-9-21-44)57-35-33-47(40-60(57)65-59)46-32-34-49-48(38-46)39-58(52-23-11-10-22-51(49)52)42-28-30-45(31-29-42)62-55-26-14-12-24-53(55)61(43-18-6-2-7-19-43)54-25-13-15-27-56(54)62/h1-40H/i2D,6D,7D,18D,19D. The summed E-state index contributed by atoms with van der Waals surface area (Å²) < 4.78 is 49.9. The fourth-order valence-electron chi connectivity index (χ4n) is 10.2. The van der Waals surface area contributed by atoms with Crippen LogP contribution in [0.1, 0.15) is 6.85 Å². The van der Waals surface area contributed by atoms with Crippen LogP contribution < -0.4 is 0 Å². The third-order valence-electron chi connectivity index (χ3n) is 13.1. The van der Waals surface area contributed by atoms with Crippen molar-refractivity contribution in [3.8, 4) is 66.8 Å². The Kier molecular flexibility index (Phi) is 7.47. The Bertz CT molecular complexity index is 4190. The van der Waals surface area contributed by atoms with Gasteiger partial charge in [0.15, 0.2) is 0 Å². The van der Waals surface area contributed by atoms with Crippen molar-refractivity contribution in [2.45, 2.75) is 0 Å². The molecule has 1 nitrogen and oxygen atoms in total. The average Bonchev–Trinajstić information content (AvgIpc) is 3.80. The highest BCUT2D eigenvalue weighted by Crippen LogP contribution is 2.46. The van der Waals surface area contributed by atoms with Gasteiger partial charge in [-0.1, -0.05) is 212 Å². The van der Waals surface area contributed by atoms with E-state index in [-0.39, 0.29) is 29.7 Å². The molecule has 0 atom stereocenters. The van der Waals surface area contributed by atoms with Crippen molar-refractivity contribution in [2.75, 3.05) is 0 Å². The van der Waals surface area contributed by atoms with Crippen molar-refractivity contribution in [3.05, 3.63) is 243 Å². The first-order valence-electron chi connectivity index (χ1n) is 24.5. The maximum atomic E-state index is 8.94. The molecule has 13 aromatic rings. The largest absolute Gasteiger partial charge is 0.456 e. The molecule has 0 unspecified atom stereocenters. The predicted octanol–water partition coefficient (Wildman–Crippen LogP) is 18.2. The molecule has 302 valence electrons. The number of hydrogen-bond acceptors (Lipinski definition) is 1. The average molecular weight is 830 g/mol. The lowest BCUT2D eigenvalue weighted by Crippen LogP contribution is -1.91. The minimum absolute atomic E-state index is 0.205. The van der Waals surface area contributed by atoms with Gasteiger partial charge in [-0.05, 0) is 135 Å². The molecule has 0 bridgehead atoms. The van der Waals surface area contributed by atoms with Crippen LogP contribution in [-0.2, 0) is 0 Å². The van der Waals surface area contributed by atoms with Crippen LogP contribution in [-0.4, -0.2) is 0 Å². The van der Waals surface area contributed by atoms with Gasteiger partial charge in [-0.15, -0.1) is 0 Å². The molecular weight excluding hydrogens is 785 g/mol. The molecule has 0 amide bonds. The second kappa shape index (κ2) is 15.1. The van der Waals surface area contributed by atoms with Crippen LogP contribution in [0.3, 0.4) is 0 Å². The van der Waals surface area contributed by atoms with Gasteiger partial charge in [-0.25, -0.2) is 0 Å². The Hall–Kier alpha value is -8.52. The number of furan rings is 1. The molecule has 0 fully saturated rings. The fraction of sp³-hybridized carbons (Fsp3) is 0. The SMILES string of the molecule is [2H]c1c([2H])c([2H])c(-c2c3ccccc3c(-c3ccc(-c4cc5cc(-c6ccc7c(c6)oc6ccc(-c8ccccc8)c(-c8ccccc8)c67)ccc5c5ccccc45)cc3)c3ccccc23)c([2H])c1[2H]. The van der Waals surface area contributed by atoms with Gasteiger partial charge in [0.2, 0.25) is 0 Å². The monoisotopic (exact) mass is 829 g/mol. The van der Waals surface area contributed by atoms with Gasteiger partial charge in [0, 0.05) is 16.3 Å². The fourth-order valence-corrected chi connectivity index (χ4v) is 10.2. The Labute approximate surface area is 384 Å². The highest BCUT2D eigenvalue weighted by atomic mass is 16.3. The molecule has 65 heavy (non-hydrogen) atoms. The van der Waals surface area contributed by atoms with Gasteiger partial charge in [-0.2, -0.15) is 0 Å². The van der Waals surface area contributed by atoms with Crippen LogP contribution >= 0.6 is 0 Å². The third kappa shape index (κ3) is 6.09. The van der Waals surface area contributed by atoms with Gasteiger partial charge < -0.3 is 4.42 Å². The molecule has 0 aliphatic heterocycles. The van der Waals surface area contributed by atoms with Gasteiger partial charge >= 0.3 is 0 Å². The minimum atomic E-state index is -0.402. The summed E-state index contributed by atoms with van der Waals surface area (Å²) >= 11 is 0. The van der Waals surface area contributed by atoms with E-state index in [0.717, 1.165) is 93.4 Å². The van der Waals surface area contributed by atoms with Crippen molar-refractivity contribution in [2.24, 2.45) is 0 Å². The van der Waals surface area contributed by atoms with Gasteiger partial charge in [0.1, 0.15) is 11.2 Å². The molecule has 1 heterocycles. The van der Waals surface area contributed by atoms with Crippen molar-refractivity contribution in [1.29, 1.82) is 0 Å². The zero-order chi connectivity index (χ0) is 47.2. The van der Waals surface area contributed by atoms with Crippen molar-refractivity contribution < 1.29 is 11.3 Å². The maximum absolute atomic E-state index is 8.94. The summed E-state index contributed by atoms with van der Waals surface area (Å²) in [6.45, 7) is 0. The molecule has 0 spiro atoms. The third-order valence-corrected chi connectivity index (χ3v) is 13.1. The second-order valence-electron chi connectivity index (χ2n) is 16.7. The van der Waals surface area contributed by atoms with E-state index in [9.17, 15) is 0 Å². The maximum Gasteiger partial charge on any atom is 0.136 e. The molecule has 1 aromatic heterocycles. The summed E-state index contributed by atoms with van der Waals surface area (Å²) in [5.74, 6) is 0. The molecule has 0 aliphatic carbocycles. The second-order valence-corrected chi connectivity index (χ2v) is 16.7. The van der Waals surface area contributed by atoms with Crippen molar-refractivity contribution in [3.63, 3.8) is 0 Å². The summed E-state index contributed by atoms with van der Waals surface area (Å²) in [6, 6.07) is 72.9. The van der Waals surface area contributed by atoms with Crippen LogP contribution in [0.25, 0.3) is 132 Å². The minimum Gasteiger partial charge on any atom is -0.456 e. The van der Waals surface area contributed by atoms with E-state index in [1.54, 1.807) is 0 Å². The van der Waals surface area contributed by atoms with Crippen LogP contribution in [0.15, 0.2) is 247 Å². The molecule has 0 radical (unpaired) electrons. The first-order chi connectivity index (χ1) is 34.3. The lowest BCUT2D eigenvalue weighted by Gasteiger charge is -2.18. The number of benzene rings is 12. The van der Waals surface area contributed by atoms with Crippen molar-refractivity contribution >= 4 is 65.0 Å². The molecule has 0 saturated heterocycles. The first-order valence-corrected chi connectivity index (χ1v) is 22.0. The molecule has 13 rings (SSSR count). The number of hydrogen-bond donors (Lipinski definition) is 0. The van der Waals surface area contributed by atoms with Crippen LogP contribution in [0.5, 0.6) is 0 Å². The Morgan fingerprint density at radius 1 is 0.277 bits per heavy atom. The summed E-state index contributed by atoms with van der Waals surface area (Å²) in [4.78, 5) is 0. The zero-order valence-corrected chi connectivity index (χ0v) is 35.1. The molecule has 0 N–H and O–H groups in total. The summed E-state index contributed by atoms with van der Waals surface area (Å²) in [7, 11) is 0. The van der Waals surface area contributed by atoms with E-state index in [0.29, 0.717) is 5.56 Å². The quantitative estimate of drug-likeness (QED) is 0.120. The van der Waals surface area contributed by atoms with E-state index < -0.39 is 6.04 Å². The zero-order valence-electron chi connectivity index (χ0n) is 40.1. The molecule has 12 aromatic carbocycles. The number of fused-ring (bicyclic) bond motifs is 8. The molecule has 1 heteroatoms. The van der Waals surface area contributed by atoms with E-state index in [1.165, 1.54) is 27.3 Å². The van der Waals surface area contributed by atoms with Crippen LogP contribution in [0.4, 0.5) is 0 Å². The lowest BCUT2D eigenvalue weighted by atomic mass is 9.85. The van der Waals surface area contributed by atoms with Crippen LogP contribution in [0.2, 0.25) is 0 Å². The van der Waals surface area contributed by atoms with E-state index >= 15 is 0 Å². The van der Waals surface area contributed by atoms with Gasteiger partial charge in [-0.3, -0.25) is 0 Å². The topological polar surface area (TPSA) is 13.1 Å². The lowest BCUT2D eigenvalue weighted by molar-refractivity contribution is 0.669. The smallest absolute Gasteiger partial charge is 0.136 e. The molecule has 0 aliphatic rings. The summed E-state index contributed by atoms with van der Waals surface area (Å²) in [5.41, 5.74) is 13.6. The highest BCUT2D eigenvalue weighted by Gasteiger charge is 2.20. The molecular formula is C64H40O. The molecule has 0 saturated carbocycles. The Balaban J connectivity index is 0.928. The highest BCUT2D eigenvalue weighted by molar-refractivity contribution is 6.22. The van der Waals surface area contributed by atoms with Gasteiger partial charge in [0.25, 0.3) is 0 Å². The van der Waals surface area contributed by atoms with Crippen LogP contribution in [0, 0.1) is 0 Å². The van der Waals surface area contributed by atoms with E-state index in [4.69, 9.17) is 11.3 Å². The van der Waals surface area contributed by atoms with Crippen molar-refractivity contribution in [1.82, 2.24) is 0 Å². The normalized spacial score (nSPS) is 12.8. The summed E-state index contributed by atoms with van der Waals surface area (Å²) in [6.07, 6.45) is 0. The van der Waals surface area contributed by atoms with Gasteiger partial charge in [0.05, 0.1) is 6.85 Å². The Morgan fingerprint density at radius 2 is 0.769 bits per heavy atom. The summed E-state index contributed by atoms with van der Waals surface area (Å²) in [5, 5.41) is 10.4.